The second kappa shape index (κ2) is 6.19. The maximum absolute atomic E-state index is 6.17. The summed E-state index contributed by atoms with van der Waals surface area (Å²) in [5.74, 6) is 1.61. The summed E-state index contributed by atoms with van der Waals surface area (Å²) >= 11 is 0. The van der Waals surface area contributed by atoms with Gasteiger partial charge < -0.3 is 5.73 Å². The Kier molecular flexibility index (Phi) is 5.46. The maximum atomic E-state index is 6.17. The van der Waals surface area contributed by atoms with Crippen LogP contribution in [0.1, 0.15) is 60.3 Å². The SMILES string of the molecule is CCC(C)CC(CC)(CN)N1CC(C)CC1C. The van der Waals surface area contributed by atoms with Crippen molar-refractivity contribution >= 4 is 0 Å². The second-order valence-electron chi connectivity index (χ2n) is 6.34. The lowest BCUT2D eigenvalue weighted by atomic mass is 9.82. The first kappa shape index (κ1) is 15.0. The average molecular weight is 240 g/mol. The van der Waals surface area contributed by atoms with Gasteiger partial charge in [0.15, 0.2) is 0 Å². The summed E-state index contributed by atoms with van der Waals surface area (Å²) < 4.78 is 0. The minimum Gasteiger partial charge on any atom is -0.329 e. The highest BCUT2D eigenvalue weighted by Crippen LogP contribution is 2.36. The lowest BCUT2D eigenvalue weighted by molar-refractivity contribution is 0.0578. The van der Waals surface area contributed by atoms with Crippen molar-refractivity contribution in [3.05, 3.63) is 0 Å². The third-order valence-corrected chi connectivity index (χ3v) is 4.86. The van der Waals surface area contributed by atoms with E-state index in [-0.39, 0.29) is 5.54 Å². The van der Waals surface area contributed by atoms with Gasteiger partial charge in [-0.1, -0.05) is 34.1 Å². The van der Waals surface area contributed by atoms with Gasteiger partial charge in [-0.05, 0) is 38.0 Å². The van der Waals surface area contributed by atoms with Crippen LogP contribution < -0.4 is 5.73 Å². The molecule has 1 aliphatic rings. The predicted molar refractivity (Wildman–Crippen MR) is 76.1 cm³/mol. The summed E-state index contributed by atoms with van der Waals surface area (Å²) in [7, 11) is 0. The molecule has 1 heterocycles. The molecule has 0 amide bonds. The van der Waals surface area contributed by atoms with Crippen molar-refractivity contribution in [3.63, 3.8) is 0 Å². The molecule has 0 saturated carbocycles. The molecule has 0 spiro atoms. The molecule has 102 valence electrons. The molecule has 2 heteroatoms. The zero-order valence-electron chi connectivity index (χ0n) is 12.5. The minimum atomic E-state index is 0.250. The molecule has 0 aromatic heterocycles. The Morgan fingerprint density at radius 2 is 2.00 bits per heavy atom. The van der Waals surface area contributed by atoms with Gasteiger partial charge in [-0.25, -0.2) is 0 Å². The largest absolute Gasteiger partial charge is 0.329 e. The molecule has 1 fully saturated rings. The van der Waals surface area contributed by atoms with Crippen molar-refractivity contribution in [2.45, 2.75) is 71.9 Å². The van der Waals surface area contributed by atoms with E-state index in [1.54, 1.807) is 0 Å². The molecule has 4 atom stereocenters. The first-order chi connectivity index (χ1) is 7.99. The van der Waals surface area contributed by atoms with Gasteiger partial charge in [-0.15, -0.1) is 0 Å². The summed E-state index contributed by atoms with van der Waals surface area (Å²) in [5, 5.41) is 0. The van der Waals surface area contributed by atoms with Gasteiger partial charge in [0.25, 0.3) is 0 Å². The molecule has 1 aliphatic heterocycles. The molecule has 0 aromatic rings. The van der Waals surface area contributed by atoms with E-state index >= 15 is 0 Å². The van der Waals surface area contributed by atoms with Crippen LogP contribution >= 0.6 is 0 Å². The van der Waals surface area contributed by atoms with E-state index in [1.165, 1.54) is 32.2 Å². The number of hydrogen-bond acceptors (Lipinski definition) is 2. The second-order valence-corrected chi connectivity index (χ2v) is 6.34. The van der Waals surface area contributed by atoms with Gasteiger partial charge in [0.05, 0.1) is 0 Å². The Hall–Kier alpha value is -0.0800. The highest BCUT2D eigenvalue weighted by Gasteiger charge is 2.41. The van der Waals surface area contributed by atoms with E-state index in [0.29, 0.717) is 6.04 Å². The number of rotatable bonds is 6. The van der Waals surface area contributed by atoms with Crippen LogP contribution in [0.3, 0.4) is 0 Å². The smallest absolute Gasteiger partial charge is 0.0334 e. The van der Waals surface area contributed by atoms with Crippen molar-refractivity contribution in [1.82, 2.24) is 4.90 Å². The quantitative estimate of drug-likeness (QED) is 0.772. The number of nitrogens with two attached hydrogens (primary N) is 1. The van der Waals surface area contributed by atoms with Crippen LogP contribution in [-0.2, 0) is 0 Å². The fourth-order valence-corrected chi connectivity index (χ4v) is 3.56. The standard InChI is InChI=1S/C15H32N2/c1-6-12(3)9-15(7-2,11-16)17-10-13(4)8-14(17)5/h12-14H,6-11,16H2,1-5H3. The molecule has 1 saturated heterocycles. The molecule has 2 nitrogen and oxygen atoms in total. The Morgan fingerprint density at radius 3 is 2.35 bits per heavy atom. The summed E-state index contributed by atoms with van der Waals surface area (Å²) in [6.45, 7) is 13.8. The van der Waals surface area contributed by atoms with E-state index in [4.69, 9.17) is 5.73 Å². The first-order valence-corrected chi connectivity index (χ1v) is 7.45. The van der Waals surface area contributed by atoms with E-state index in [2.05, 4.69) is 39.5 Å². The van der Waals surface area contributed by atoms with Gasteiger partial charge in [-0.3, -0.25) is 4.90 Å². The van der Waals surface area contributed by atoms with Crippen molar-refractivity contribution in [2.75, 3.05) is 13.1 Å². The lowest BCUT2D eigenvalue weighted by Gasteiger charge is -2.45. The van der Waals surface area contributed by atoms with Crippen molar-refractivity contribution in [3.8, 4) is 0 Å². The van der Waals surface area contributed by atoms with Crippen LogP contribution in [-0.4, -0.2) is 29.6 Å². The molecule has 0 radical (unpaired) electrons. The van der Waals surface area contributed by atoms with Crippen LogP contribution in [0.25, 0.3) is 0 Å². The van der Waals surface area contributed by atoms with Gasteiger partial charge in [0, 0.05) is 24.7 Å². The monoisotopic (exact) mass is 240 g/mol. The van der Waals surface area contributed by atoms with E-state index in [0.717, 1.165) is 18.4 Å². The molecule has 1 rings (SSSR count). The highest BCUT2D eigenvalue weighted by molar-refractivity contribution is 4.97. The summed E-state index contributed by atoms with van der Waals surface area (Å²) in [6.07, 6.45) is 5.04. The van der Waals surface area contributed by atoms with E-state index in [1.807, 2.05) is 0 Å². The summed E-state index contributed by atoms with van der Waals surface area (Å²) in [5.41, 5.74) is 6.42. The molecule has 17 heavy (non-hydrogen) atoms. The van der Waals surface area contributed by atoms with Gasteiger partial charge in [-0.2, -0.15) is 0 Å². The molecule has 4 unspecified atom stereocenters. The van der Waals surface area contributed by atoms with Crippen molar-refractivity contribution in [1.29, 1.82) is 0 Å². The third-order valence-electron chi connectivity index (χ3n) is 4.86. The van der Waals surface area contributed by atoms with Crippen molar-refractivity contribution < 1.29 is 0 Å². The Bertz CT molecular complexity index is 223. The Labute approximate surface area is 108 Å². The van der Waals surface area contributed by atoms with E-state index in [9.17, 15) is 0 Å². The van der Waals surface area contributed by atoms with Crippen LogP contribution in [0.15, 0.2) is 0 Å². The van der Waals surface area contributed by atoms with E-state index < -0.39 is 0 Å². The maximum Gasteiger partial charge on any atom is 0.0334 e. The minimum absolute atomic E-state index is 0.250. The summed E-state index contributed by atoms with van der Waals surface area (Å²) in [6, 6.07) is 0.706. The summed E-state index contributed by atoms with van der Waals surface area (Å²) in [4.78, 5) is 2.71. The van der Waals surface area contributed by atoms with Gasteiger partial charge in [0.2, 0.25) is 0 Å². The van der Waals surface area contributed by atoms with Gasteiger partial charge >= 0.3 is 0 Å². The number of likely N-dealkylation sites (tertiary alicyclic amines) is 1. The molecule has 2 N–H and O–H groups in total. The molecule has 0 aliphatic carbocycles. The molecule has 0 bridgehead atoms. The molecular formula is C15H32N2. The van der Waals surface area contributed by atoms with Crippen LogP contribution in [0, 0.1) is 11.8 Å². The highest BCUT2D eigenvalue weighted by atomic mass is 15.3. The normalized spacial score (nSPS) is 31.4. The van der Waals surface area contributed by atoms with Gasteiger partial charge in [0.1, 0.15) is 0 Å². The van der Waals surface area contributed by atoms with Crippen LogP contribution in [0.4, 0.5) is 0 Å². The zero-order chi connectivity index (χ0) is 13.1. The predicted octanol–water partition coefficient (Wildman–Crippen LogP) is 3.26. The molecule has 0 aromatic carbocycles. The van der Waals surface area contributed by atoms with Crippen molar-refractivity contribution in [2.24, 2.45) is 17.6 Å². The van der Waals surface area contributed by atoms with Crippen LogP contribution in [0.5, 0.6) is 0 Å². The Morgan fingerprint density at radius 1 is 1.35 bits per heavy atom. The first-order valence-electron chi connectivity index (χ1n) is 7.45. The Balaban J connectivity index is 2.82. The zero-order valence-corrected chi connectivity index (χ0v) is 12.5. The lowest BCUT2D eigenvalue weighted by Crippen LogP contribution is -2.55. The molecular weight excluding hydrogens is 208 g/mol. The fraction of sp³-hybridized carbons (Fsp3) is 1.00. The fourth-order valence-electron chi connectivity index (χ4n) is 3.56. The average Bonchev–Trinajstić information content (AvgIpc) is 2.66. The number of nitrogens with zero attached hydrogens (tertiary/aromatic N) is 1. The number of hydrogen-bond donors (Lipinski definition) is 1. The third kappa shape index (κ3) is 3.23. The van der Waals surface area contributed by atoms with Crippen LogP contribution in [0.2, 0.25) is 0 Å². The topological polar surface area (TPSA) is 29.3 Å².